The highest BCUT2D eigenvalue weighted by Gasteiger charge is 2.21. The smallest absolute Gasteiger partial charge is 0.193 e. The average Bonchev–Trinajstić information content (AvgIpc) is 3.36. The molecule has 0 saturated carbocycles. The van der Waals surface area contributed by atoms with E-state index in [4.69, 9.17) is 9.72 Å². The minimum atomic E-state index is 0.0473. The van der Waals surface area contributed by atoms with Crippen LogP contribution in [0.5, 0.6) is 5.75 Å². The van der Waals surface area contributed by atoms with Crippen molar-refractivity contribution in [2.75, 3.05) is 7.11 Å². The Hall–Kier alpha value is -3.76. The molecule has 2 aromatic carbocycles. The summed E-state index contributed by atoms with van der Waals surface area (Å²) in [6.07, 6.45) is 0.684. The minimum Gasteiger partial charge on any atom is -0.497 e. The van der Waals surface area contributed by atoms with Gasteiger partial charge in [0.15, 0.2) is 5.78 Å². The van der Waals surface area contributed by atoms with E-state index in [0.717, 1.165) is 44.3 Å². The molecule has 1 aromatic heterocycles. The summed E-state index contributed by atoms with van der Waals surface area (Å²) in [4.78, 5) is 18.1. The highest BCUT2D eigenvalue weighted by Crippen LogP contribution is 2.35. The second-order valence-electron chi connectivity index (χ2n) is 7.55. The van der Waals surface area contributed by atoms with Crippen LogP contribution in [0.2, 0.25) is 0 Å². The Balaban J connectivity index is 1.49. The van der Waals surface area contributed by atoms with Gasteiger partial charge < -0.3 is 4.74 Å². The maximum Gasteiger partial charge on any atom is 0.193 e. The summed E-state index contributed by atoms with van der Waals surface area (Å²) in [6, 6.07) is 29.5. The first-order chi connectivity index (χ1) is 15.7. The number of hydrogen-bond donors (Lipinski definition) is 0. The molecular formula is C28H21NO2S. The Morgan fingerprint density at radius 3 is 2.28 bits per heavy atom. The number of fused-ring (bicyclic) bond motifs is 1. The third-order valence-electron chi connectivity index (χ3n) is 5.55. The first-order valence-corrected chi connectivity index (χ1v) is 11.3. The number of hydrogen-bond acceptors (Lipinski definition) is 4. The van der Waals surface area contributed by atoms with Gasteiger partial charge in [0.2, 0.25) is 0 Å². The number of carbonyl (C=O) groups is 1. The highest BCUT2D eigenvalue weighted by molar-refractivity contribution is 7.10. The predicted octanol–water partition coefficient (Wildman–Crippen LogP) is 6.75. The zero-order valence-electron chi connectivity index (χ0n) is 17.6. The molecule has 4 heteroatoms. The molecule has 1 heterocycles. The second-order valence-corrected chi connectivity index (χ2v) is 8.49. The fraction of sp³-hybridized carbons (Fsp3) is 0.0714. The van der Waals surface area contributed by atoms with Crippen molar-refractivity contribution in [1.82, 2.24) is 4.98 Å². The van der Waals surface area contributed by atoms with Gasteiger partial charge in [0.25, 0.3) is 0 Å². The van der Waals surface area contributed by atoms with Crippen LogP contribution in [0.15, 0.2) is 96.4 Å². The van der Waals surface area contributed by atoms with Gasteiger partial charge in [0, 0.05) is 28.5 Å². The molecule has 0 saturated heterocycles. The molecule has 2 aliphatic rings. The Morgan fingerprint density at radius 1 is 0.875 bits per heavy atom. The van der Waals surface area contributed by atoms with E-state index in [0.29, 0.717) is 12.0 Å². The predicted molar refractivity (Wildman–Crippen MR) is 130 cm³/mol. The maximum atomic E-state index is 13.2. The number of rotatable bonds is 6. The number of benzene rings is 2. The van der Waals surface area contributed by atoms with E-state index in [-0.39, 0.29) is 5.78 Å². The van der Waals surface area contributed by atoms with Crippen LogP contribution >= 0.6 is 11.3 Å². The van der Waals surface area contributed by atoms with Crippen LogP contribution in [0.3, 0.4) is 0 Å². The number of ketones is 1. The summed E-state index contributed by atoms with van der Waals surface area (Å²) in [5.74, 6) is 0.877. The number of nitrogens with zero attached hydrogens (tertiary/aromatic N) is 1. The topological polar surface area (TPSA) is 39.2 Å². The monoisotopic (exact) mass is 435 g/mol. The van der Waals surface area contributed by atoms with E-state index in [1.165, 1.54) is 0 Å². The van der Waals surface area contributed by atoms with Crippen molar-refractivity contribution in [2.45, 2.75) is 6.42 Å². The van der Waals surface area contributed by atoms with E-state index in [9.17, 15) is 4.79 Å². The lowest BCUT2D eigenvalue weighted by Gasteiger charge is -2.02. The van der Waals surface area contributed by atoms with Crippen LogP contribution in [0.4, 0.5) is 0 Å². The lowest BCUT2D eigenvalue weighted by molar-refractivity contribution is 0.103. The van der Waals surface area contributed by atoms with Crippen LogP contribution in [0.25, 0.3) is 22.4 Å². The quantitative estimate of drug-likeness (QED) is 0.277. The van der Waals surface area contributed by atoms with Gasteiger partial charge in [-0.1, -0.05) is 60.7 Å². The summed E-state index contributed by atoms with van der Waals surface area (Å²) >= 11 is 1.64. The lowest BCUT2D eigenvalue weighted by Crippen LogP contribution is -2.00. The van der Waals surface area contributed by atoms with Gasteiger partial charge in [-0.05, 0) is 47.0 Å². The SMILES string of the molecule is COc1ccc(-c2csc(Cc3cc(C(=O)c4ccccc4)c4cccccc3-4)n2)cc1. The maximum absolute atomic E-state index is 13.2. The van der Waals surface area contributed by atoms with Gasteiger partial charge in [-0.3, -0.25) is 4.79 Å². The molecule has 156 valence electrons. The van der Waals surface area contributed by atoms with Crippen molar-refractivity contribution in [3.63, 3.8) is 0 Å². The summed E-state index contributed by atoms with van der Waals surface area (Å²) in [7, 11) is 1.66. The van der Waals surface area contributed by atoms with Crippen LogP contribution < -0.4 is 4.74 Å². The van der Waals surface area contributed by atoms with Gasteiger partial charge >= 0.3 is 0 Å². The second kappa shape index (κ2) is 8.77. The van der Waals surface area contributed by atoms with Crippen molar-refractivity contribution in [3.05, 3.63) is 118 Å². The zero-order chi connectivity index (χ0) is 21.9. The molecule has 0 amide bonds. The first kappa shape index (κ1) is 20.2. The molecule has 0 atom stereocenters. The number of thiazole rings is 1. The van der Waals surface area contributed by atoms with Gasteiger partial charge in [-0.2, -0.15) is 0 Å². The molecule has 0 unspecified atom stereocenters. The van der Waals surface area contributed by atoms with Crippen molar-refractivity contribution >= 4 is 17.1 Å². The van der Waals surface area contributed by atoms with Gasteiger partial charge in [-0.25, -0.2) is 4.98 Å². The van der Waals surface area contributed by atoms with Gasteiger partial charge in [0.05, 0.1) is 17.8 Å². The fourth-order valence-electron chi connectivity index (χ4n) is 3.92. The third-order valence-corrected chi connectivity index (χ3v) is 6.40. The largest absolute Gasteiger partial charge is 0.497 e. The van der Waals surface area contributed by atoms with Crippen molar-refractivity contribution in [2.24, 2.45) is 0 Å². The molecule has 5 rings (SSSR count). The van der Waals surface area contributed by atoms with Crippen molar-refractivity contribution in [1.29, 1.82) is 0 Å². The summed E-state index contributed by atoms with van der Waals surface area (Å²) < 4.78 is 5.25. The first-order valence-electron chi connectivity index (χ1n) is 10.4. The molecule has 0 spiro atoms. The summed E-state index contributed by atoms with van der Waals surface area (Å²) in [5, 5.41) is 3.10. The molecule has 3 nitrogen and oxygen atoms in total. The van der Waals surface area contributed by atoms with Crippen LogP contribution in [-0.4, -0.2) is 17.9 Å². The summed E-state index contributed by atoms with van der Waals surface area (Å²) in [6.45, 7) is 0. The lowest BCUT2D eigenvalue weighted by atomic mass is 10.0. The van der Waals surface area contributed by atoms with E-state index in [2.05, 4.69) is 11.4 Å². The number of aromatic nitrogens is 1. The third kappa shape index (κ3) is 3.93. The van der Waals surface area contributed by atoms with Crippen LogP contribution in [0, 0.1) is 0 Å². The molecule has 3 aromatic rings. The van der Waals surface area contributed by atoms with E-state index >= 15 is 0 Å². The Kier molecular flexibility index (Phi) is 5.53. The molecule has 0 bridgehead atoms. The van der Waals surface area contributed by atoms with Crippen molar-refractivity contribution < 1.29 is 9.53 Å². The van der Waals surface area contributed by atoms with Crippen LogP contribution in [-0.2, 0) is 6.42 Å². The minimum absolute atomic E-state index is 0.0473. The molecule has 0 radical (unpaired) electrons. The number of methoxy groups -OCH3 is 1. The van der Waals surface area contributed by atoms with Gasteiger partial charge in [-0.15, -0.1) is 11.3 Å². The van der Waals surface area contributed by atoms with Crippen LogP contribution in [0.1, 0.15) is 26.5 Å². The standard InChI is InChI=1S/C28H21NO2S/c1-31-22-14-12-19(13-15-22)26-18-32-27(29-26)17-21-16-25(24-11-7-3-6-10-23(21)24)28(30)20-8-4-2-5-9-20/h2-16,18H,17H2,1H3. The highest BCUT2D eigenvalue weighted by atomic mass is 32.1. The Morgan fingerprint density at radius 2 is 1.56 bits per heavy atom. The Labute approximate surface area is 191 Å². The van der Waals surface area contributed by atoms with Gasteiger partial charge in [0.1, 0.15) is 5.75 Å². The fourth-order valence-corrected chi connectivity index (χ4v) is 4.75. The molecule has 0 N–H and O–H groups in total. The number of carbonyl (C=O) groups excluding carboxylic acids is 1. The number of ether oxygens (including phenoxy) is 1. The molecule has 32 heavy (non-hydrogen) atoms. The van der Waals surface area contributed by atoms with E-state index in [1.54, 1.807) is 18.4 Å². The molecule has 0 fully saturated rings. The summed E-state index contributed by atoms with van der Waals surface area (Å²) in [5.41, 5.74) is 6.65. The Bertz CT molecular complexity index is 1340. The molecule has 0 aliphatic heterocycles. The van der Waals surface area contributed by atoms with Crippen molar-refractivity contribution in [3.8, 4) is 28.1 Å². The normalized spacial score (nSPS) is 10.9. The van der Waals surface area contributed by atoms with E-state index < -0.39 is 0 Å². The molecule has 2 aliphatic carbocycles. The van der Waals surface area contributed by atoms with E-state index in [1.807, 2.05) is 84.9 Å². The zero-order valence-corrected chi connectivity index (χ0v) is 18.4. The molecular weight excluding hydrogens is 414 g/mol. The average molecular weight is 436 g/mol.